The first kappa shape index (κ1) is 23.1. The summed E-state index contributed by atoms with van der Waals surface area (Å²) in [6.07, 6.45) is 3.96. The molecule has 170 valence electrons. The van der Waals surface area contributed by atoms with Gasteiger partial charge in [0.1, 0.15) is 0 Å². The van der Waals surface area contributed by atoms with Gasteiger partial charge in [-0.3, -0.25) is 4.79 Å². The fourth-order valence-corrected chi connectivity index (χ4v) is 5.20. The molecule has 8 heteroatoms. The van der Waals surface area contributed by atoms with E-state index in [1.54, 1.807) is 12.1 Å². The molecule has 0 aliphatic carbocycles. The maximum atomic E-state index is 12.7. The van der Waals surface area contributed by atoms with Crippen LogP contribution in [0.25, 0.3) is 17.0 Å². The molecule has 1 aromatic heterocycles. The Kier molecular flexibility index (Phi) is 6.45. The van der Waals surface area contributed by atoms with E-state index < -0.39 is 0 Å². The van der Waals surface area contributed by atoms with E-state index in [-0.39, 0.29) is 5.91 Å². The Morgan fingerprint density at radius 2 is 1.85 bits per heavy atom. The zero-order chi connectivity index (χ0) is 23.8. The largest absolute Gasteiger partial charge is 0.342 e. The van der Waals surface area contributed by atoms with E-state index in [1.165, 1.54) is 11.8 Å². The molecular weight excluding hydrogens is 509 g/mol. The highest BCUT2D eigenvalue weighted by Crippen LogP contribution is 2.32. The van der Waals surface area contributed by atoms with Crippen LogP contribution in [0.2, 0.25) is 15.1 Å². The number of halogens is 3. The lowest BCUT2D eigenvalue weighted by atomic mass is 10.1. The number of para-hydroxylation sites is 1. The number of thioether (sulfide) groups is 1. The lowest BCUT2D eigenvalue weighted by Crippen LogP contribution is -2.19. The predicted molar refractivity (Wildman–Crippen MR) is 144 cm³/mol. The highest BCUT2D eigenvalue weighted by molar-refractivity contribution is 8.18. The van der Waals surface area contributed by atoms with E-state index in [2.05, 4.69) is 27.0 Å². The fraction of sp³-hybridized carbons (Fsp3) is 0.0769. The Labute approximate surface area is 216 Å². The second-order valence-electron chi connectivity index (χ2n) is 7.89. The van der Waals surface area contributed by atoms with Crippen molar-refractivity contribution in [3.05, 3.63) is 104 Å². The molecule has 1 saturated heterocycles. The summed E-state index contributed by atoms with van der Waals surface area (Å²) in [5, 5.41) is 6.17. The normalized spacial score (nSPS) is 16.1. The Hall–Kier alpha value is -2.70. The van der Waals surface area contributed by atoms with Crippen molar-refractivity contribution in [2.45, 2.75) is 13.5 Å². The van der Waals surface area contributed by atoms with Crippen molar-refractivity contribution in [2.75, 3.05) is 0 Å². The number of amidine groups is 1. The number of carbonyl (C=O) groups is 1. The van der Waals surface area contributed by atoms with Crippen LogP contribution in [0.5, 0.6) is 0 Å². The van der Waals surface area contributed by atoms with Gasteiger partial charge in [-0.15, -0.1) is 0 Å². The summed E-state index contributed by atoms with van der Waals surface area (Å²) in [7, 11) is 0. The molecule has 0 radical (unpaired) electrons. The zero-order valence-electron chi connectivity index (χ0n) is 18.0. The second kappa shape index (κ2) is 9.51. The molecule has 0 bridgehead atoms. The lowest BCUT2D eigenvalue weighted by Gasteiger charge is -2.06. The average Bonchev–Trinajstić information content (AvgIpc) is 3.33. The molecule has 1 aliphatic rings. The summed E-state index contributed by atoms with van der Waals surface area (Å²) >= 11 is 19.6. The van der Waals surface area contributed by atoms with Crippen LogP contribution < -0.4 is 5.32 Å². The summed E-state index contributed by atoms with van der Waals surface area (Å²) < 4.78 is 2.14. The van der Waals surface area contributed by atoms with E-state index in [0.29, 0.717) is 31.7 Å². The van der Waals surface area contributed by atoms with E-state index in [0.717, 1.165) is 33.3 Å². The van der Waals surface area contributed by atoms with Crippen LogP contribution in [0.1, 0.15) is 16.7 Å². The van der Waals surface area contributed by atoms with E-state index >= 15 is 0 Å². The van der Waals surface area contributed by atoms with Gasteiger partial charge in [0.2, 0.25) is 0 Å². The second-order valence-corrected chi connectivity index (χ2v) is 10.2. The Bertz CT molecular complexity index is 1510. The molecule has 34 heavy (non-hydrogen) atoms. The van der Waals surface area contributed by atoms with Gasteiger partial charge < -0.3 is 9.88 Å². The van der Waals surface area contributed by atoms with E-state index in [4.69, 9.17) is 34.8 Å². The van der Waals surface area contributed by atoms with Gasteiger partial charge in [-0.1, -0.05) is 59.1 Å². The highest BCUT2D eigenvalue weighted by Gasteiger charge is 2.24. The van der Waals surface area contributed by atoms with Gasteiger partial charge in [0.25, 0.3) is 5.91 Å². The number of fused-ring (bicyclic) bond motifs is 1. The number of aromatic nitrogens is 1. The molecular formula is C26H18Cl3N3OS. The fourth-order valence-electron chi connectivity index (χ4n) is 3.83. The van der Waals surface area contributed by atoms with Crippen LogP contribution >= 0.6 is 46.6 Å². The quantitative estimate of drug-likeness (QED) is 0.275. The molecule has 1 aliphatic heterocycles. The van der Waals surface area contributed by atoms with Crippen molar-refractivity contribution in [2.24, 2.45) is 4.99 Å². The summed E-state index contributed by atoms with van der Waals surface area (Å²) in [6, 6.07) is 19.2. The molecule has 1 fully saturated rings. The van der Waals surface area contributed by atoms with Crippen LogP contribution in [0.3, 0.4) is 0 Å². The molecule has 1 amide bonds. The minimum atomic E-state index is -0.170. The number of aliphatic imine (C=N–C) groups is 1. The van der Waals surface area contributed by atoms with Crippen molar-refractivity contribution < 1.29 is 4.79 Å². The number of benzene rings is 3. The first-order chi connectivity index (χ1) is 16.4. The zero-order valence-corrected chi connectivity index (χ0v) is 21.1. The van der Waals surface area contributed by atoms with E-state index in [1.807, 2.05) is 55.6 Å². The standard InChI is InChI=1S/C26H18Cl3N3OS/c1-15-10-18(27)7-9-22(15)30-26-31-25(33)24(34-26)12-17-14-32(23-5-3-2-4-19(17)23)13-16-6-8-20(28)21(29)11-16/h2-12,14H,13H2,1H3,(H,30,31,33)/b24-12-. The maximum Gasteiger partial charge on any atom is 0.264 e. The van der Waals surface area contributed by atoms with Gasteiger partial charge in [0.15, 0.2) is 5.17 Å². The summed E-state index contributed by atoms with van der Waals surface area (Å²) in [5.41, 5.74) is 4.77. The van der Waals surface area contributed by atoms with Crippen molar-refractivity contribution >= 4 is 80.3 Å². The van der Waals surface area contributed by atoms with Gasteiger partial charge >= 0.3 is 0 Å². The molecule has 1 N–H and O–H groups in total. The molecule has 4 nitrogen and oxygen atoms in total. The van der Waals surface area contributed by atoms with Crippen molar-refractivity contribution in [1.82, 2.24) is 9.88 Å². The summed E-state index contributed by atoms with van der Waals surface area (Å²) in [4.78, 5) is 17.9. The molecule has 3 aromatic carbocycles. The molecule has 5 rings (SSSR count). The van der Waals surface area contributed by atoms with Crippen molar-refractivity contribution in [3.63, 3.8) is 0 Å². The number of amides is 1. The predicted octanol–water partition coefficient (Wildman–Crippen LogP) is 7.85. The lowest BCUT2D eigenvalue weighted by molar-refractivity contribution is -0.115. The first-order valence-corrected chi connectivity index (χ1v) is 12.4. The topological polar surface area (TPSA) is 46.4 Å². The van der Waals surface area contributed by atoms with Crippen LogP contribution in [-0.4, -0.2) is 15.6 Å². The molecule has 0 atom stereocenters. The molecule has 0 spiro atoms. The van der Waals surface area contributed by atoms with Gasteiger partial charge in [-0.2, -0.15) is 0 Å². The Morgan fingerprint density at radius 3 is 2.65 bits per heavy atom. The van der Waals surface area contributed by atoms with Crippen LogP contribution in [0.15, 0.2) is 76.8 Å². The number of rotatable bonds is 4. The molecule has 0 saturated carbocycles. The third-order valence-electron chi connectivity index (χ3n) is 5.47. The number of hydrogen-bond acceptors (Lipinski definition) is 3. The Morgan fingerprint density at radius 1 is 1.03 bits per heavy atom. The maximum absolute atomic E-state index is 12.7. The smallest absolute Gasteiger partial charge is 0.264 e. The monoisotopic (exact) mass is 525 g/mol. The molecule has 2 heterocycles. The van der Waals surface area contributed by atoms with Gasteiger partial charge in [0.05, 0.1) is 20.6 Å². The third kappa shape index (κ3) is 4.75. The number of nitrogens with zero attached hydrogens (tertiary/aromatic N) is 2. The highest BCUT2D eigenvalue weighted by atomic mass is 35.5. The van der Waals surface area contributed by atoms with Gasteiger partial charge in [-0.05, 0) is 72.3 Å². The summed E-state index contributed by atoms with van der Waals surface area (Å²) in [5.74, 6) is -0.170. The molecule has 4 aromatic rings. The van der Waals surface area contributed by atoms with Gasteiger partial charge in [-0.25, -0.2) is 4.99 Å². The number of nitrogens with one attached hydrogen (secondary N) is 1. The van der Waals surface area contributed by atoms with Crippen molar-refractivity contribution in [1.29, 1.82) is 0 Å². The summed E-state index contributed by atoms with van der Waals surface area (Å²) in [6.45, 7) is 2.56. The number of carbonyl (C=O) groups excluding carboxylic acids is 1. The SMILES string of the molecule is Cc1cc(Cl)ccc1N=C1NC(=O)/C(=C/c2cn(Cc3ccc(Cl)c(Cl)c3)c3ccccc23)S1. The third-order valence-corrected chi connectivity index (χ3v) is 7.36. The average molecular weight is 527 g/mol. The Balaban J connectivity index is 1.47. The van der Waals surface area contributed by atoms with Crippen molar-refractivity contribution in [3.8, 4) is 0 Å². The minimum Gasteiger partial charge on any atom is -0.342 e. The number of aryl methyl sites for hydroxylation is 1. The van der Waals surface area contributed by atoms with Crippen LogP contribution in [0.4, 0.5) is 5.69 Å². The first-order valence-electron chi connectivity index (χ1n) is 10.4. The van der Waals surface area contributed by atoms with Crippen LogP contribution in [0, 0.1) is 6.92 Å². The van der Waals surface area contributed by atoms with Crippen LogP contribution in [-0.2, 0) is 11.3 Å². The van der Waals surface area contributed by atoms with E-state index in [9.17, 15) is 4.79 Å². The van der Waals surface area contributed by atoms with Gasteiger partial charge in [0, 0.05) is 34.2 Å². The number of hydrogen-bond donors (Lipinski definition) is 1. The molecule has 0 unspecified atom stereocenters. The minimum absolute atomic E-state index is 0.170.